The number of ether oxygens (including phenoxy) is 1. The van der Waals surface area contributed by atoms with Gasteiger partial charge in [-0.15, -0.1) is 0 Å². The van der Waals surface area contributed by atoms with E-state index in [2.05, 4.69) is 15.7 Å². The standard InChI is InChI=1S/C21H24N4O2/c1-14(2)22-21(26)18-13-17(27-4)10-11-19(18)23-20-12-15(3)24-25(20)16-8-6-5-7-9-16/h5-14,23H,1-4H3,(H,22,26). The summed E-state index contributed by atoms with van der Waals surface area (Å²) < 4.78 is 7.11. The molecule has 1 aromatic heterocycles. The van der Waals surface area contributed by atoms with Crippen molar-refractivity contribution >= 4 is 17.4 Å². The normalized spacial score (nSPS) is 10.7. The fourth-order valence-electron chi connectivity index (χ4n) is 2.78. The second-order valence-corrected chi connectivity index (χ2v) is 6.58. The lowest BCUT2D eigenvalue weighted by atomic mass is 10.1. The van der Waals surface area contributed by atoms with E-state index in [9.17, 15) is 4.79 Å². The van der Waals surface area contributed by atoms with Gasteiger partial charge < -0.3 is 15.4 Å². The Morgan fingerprint density at radius 1 is 1.11 bits per heavy atom. The molecule has 1 heterocycles. The van der Waals surface area contributed by atoms with Crippen molar-refractivity contribution in [3.63, 3.8) is 0 Å². The molecule has 0 bridgehead atoms. The highest BCUT2D eigenvalue weighted by Crippen LogP contribution is 2.27. The van der Waals surface area contributed by atoms with Crippen LogP contribution in [0, 0.1) is 6.92 Å². The van der Waals surface area contributed by atoms with Crippen LogP contribution in [0.2, 0.25) is 0 Å². The van der Waals surface area contributed by atoms with E-state index in [0.29, 0.717) is 17.0 Å². The number of anilines is 2. The van der Waals surface area contributed by atoms with Crippen molar-refractivity contribution in [1.82, 2.24) is 15.1 Å². The minimum absolute atomic E-state index is 0.0358. The molecular weight excluding hydrogens is 340 g/mol. The number of hydrogen-bond donors (Lipinski definition) is 2. The molecule has 0 aliphatic rings. The van der Waals surface area contributed by atoms with Gasteiger partial charge in [-0.2, -0.15) is 5.10 Å². The molecule has 0 saturated heterocycles. The summed E-state index contributed by atoms with van der Waals surface area (Å²) in [5.74, 6) is 1.25. The predicted molar refractivity (Wildman–Crippen MR) is 107 cm³/mol. The third-order valence-corrected chi connectivity index (χ3v) is 3.99. The van der Waals surface area contributed by atoms with Crippen molar-refractivity contribution in [2.45, 2.75) is 26.8 Å². The maximum atomic E-state index is 12.7. The van der Waals surface area contributed by atoms with Gasteiger partial charge >= 0.3 is 0 Å². The fourth-order valence-corrected chi connectivity index (χ4v) is 2.78. The van der Waals surface area contributed by atoms with Gasteiger partial charge in [0.25, 0.3) is 5.91 Å². The summed E-state index contributed by atoms with van der Waals surface area (Å²) in [6.07, 6.45) is 0. The number of carbonyl (C=O) groups excluding carboxylic acids is 1. The van der Waals surface area contributed by atoms with E-state index in [-0.39, 0.29) is 11.9 Å². The van der Waals surface area contributed by atoms with E-state index >= 15 is 0 Å². The van der Waals surface area contributed by atoms with E-state index in [1.54, 1.807) is 13.2 Å². The lowest BCUT2D eigenvalue weighted by molar-refractivity contribution is 0.0943. The topological polar surface area (TPSA) is 68.2 Å². The van der Waals surface area contributed by atoms with Gasteiger partial charge in [0.05, 0.1) is 29.7 Å². The van der Waals surface area contributed by atoms with Gasteiger partial charge in [0.2, 0.25) is 0 Å². The van der Waals surface area contributed by atoms with Gasteiger partial charge in [-0.1, -0.05) is 18.2 Å². The molecule has 0 aliphatic carbocycles. The molecule has 3 rings (SSSR count). The molecule has 0 saturated carbocycles. The first-order valence-corrected chi connectivity index (χ1v) is 8.86. The van der Waals surface area contributed by atoms with E-state index in [1.165, 1.54) is 0 Å². The zero-order chi connectivity index (χ0) is 19.4. The Kier molecular flexibility index (Phi) is 5.45. The Labute approximate surface area is 159 Å². The molecule has 0 unspecified atom stereocenters. The average molecular weight is 364 g/mol. The first-order valence-electron chi connectivity index (χ1n) is 8.86. The van der Waals surface area contributed by atoms with Crippen LogP contribution in [0.25, 0.3) is 5.69 Å². The highest BCUT2D eigenvalue weighted by atomic mass is 16.5. The fraction of sp³-hybridized carbons (Fsp3) is 0.238. The molecule has 140 valence electrons. The Hall–Kier alpha value is -3.28. The number of methoxy groups -OCH3 is 1. The molecule has 0 spiro atoms. The van der Waals surface area contributed by atoms with Crippen LogP contribution in [0.15, 0.2) is 54.6 Å². The monoisotopic (exact) mass is 364 g/mol. The first kappa shape index (κ1) is 18.5. The molecular formula is C21H24N4O2. The number of aromatic nitrogens is 2. The minimum Gasteiger partial charge on any atom is -0.497 e. The number of hydrogen-bond acceptors (Lipinski definition) is 4. The van der Waals surface area contributed by atoms with Crippen LogP contribution in [0.4, 0.5) is 11.5 Å². The summed E-state index contributed by atoms with van der Waals surface area (Å²) in [5, 5.41) is 10.8. The van der Waals surface area contributed by atoms with Crippen LogP contribution < -0.4 is 15.4 Å². The third kappa shape index (κ3) is 4.28. The number of aryl methyl sites for hydroxylation is 1. The van der Waals surface area contributed by atoms with E-state index in [0.717, 1.165) is 17.2 Å². The molecule has 2 N–H and O–H groups in total. The number of nitrogens with one attached hydrogen (secondary N) is 2. The van der Waals surface area contributed by atoms with Crippen LogP contribution >= 0.6 is 0 Å². The van der Waals surface area contributed by atoms with E-state index < -0.39 is 0 Å². The Balaban J connectivity index is 2.00. The van der Waals surface area contributed by atoms with Crippen molar-refractivity contribution in [2.24, 2.45) is 0 Å². The molecule has 2 aromatic carbocycles. The Bertz CT molecular complexity index is 933. The van der Waals surface area contributed by atoms with E-state index in [4.69, 9.17) is 4.74 Å². The number of rotatable bonds is 6. The molecule has 1 amide bonds. The van der Waals surface area contributed by atoms with E-state index in [1.807, 2.05) is 74.0 Å². The number of para-hydroxylation sites is 1. The average Bonchev–Trinajstić information content (AvgIpc) is 3.02. The Morgan fingerprint density at radius 2 is 1.85 bits per heavy atom. The van der Waals surface area contributed by atoms with Crippen molar-refractivity contribution in [2.75, 3.05) is 12.4 Å². The number of benzene rings is 2. The highest BCUT2D eigenvalue weighted by Gasteiger charge is 2.16. The van der Waals surface area contributed by atoms with Crippen molar-refractivity contribution in [3.8, 4) is 11.4 Å². The van der Waals surface area contributed by atoms with Crippen molar-refractivity contribution in [3.05, 3.63) is 65.9 Å². The summed E-state index contributed by atoms with van der Waals surface area (Å²) in [7, 11) is 1.58. The summed E-state index contributed by atoms with van der Waals surface area (Å²) in [6, 6.07) is 17.2. The minimum atomic E-state index is -0.158. The third-order valence-electron chi connectivity index (χ3n) is 3.99. The van der Waals surface area contributed by atoms with Crippen molar-refractivity contribution in [1.29, 1.82) is 0 Å². The van der Waals surface area contributed by atoms with Crippen LogP contribution in [0.1, 0.15) is 29.9 Å². The predicted octanol–water partition coefficient (Wildman–Crippen LogP) is 4.07. The van der Waals surface area contributed by atoms with Gasteiger partial charge in [0.1, 0.15) is 11.6 Å². The number of nitrogens with zero attached hydrogens (tertiary/aromatic N) is 2. The maximum absolute atomic E-state index is 12.7. The van der Waals surface area contributed by atoms with Crippen LogP contribution in [-0.4, -0.2) is 28.8 Å². The second kappa shape index (κ2) is 7.95. The molecule has 3 aromatic rings. The SMILES string of the molecule is COc1ccc(Nc2cc(C)nn2-c2ccccc2)c(C(=O)NC(C)C)c1. The summed E-state index contributed by atoms with van der Waals surface area (Å²) in [5.41, 5.74) is 3.02. The summed E-state index contributed by atoms with van der Waals surface area (Å²) >= 11 is 0. The molecule has 0 radical (unpaired) electrons. The summed E-state index contributed by atoms with van der Waals surface area (Å²) in [6.45, 7) is 5.79. The lowest BCUT2D eigenvalue weighted by Crippen LogP contribution is -2.30. The van der Waals surface area contributed by atoms with Crippen molar-refractivity contribution < 1.29 is 9.53 Å². The van der Waals surface area contributed by atoms with Crippen LogP contribution in [0.3, 0.4) is 0 Å². The molecule has 0 atom stereocenters. The van der Waals surface area contributed by atoms with Crippen LogP contribution in [0.5, 0.6) is 5.75 Å². The molecule has 27 heavy (non-hydrogen) atoms. The van der Waals surface area contributed by atoms with Gasteiger partial charge in [-0.05, 0) is 51.1 Å². The molecule has 0 aliphatic heterocycles. The van der Waals surface area contributed by atoms with Gasteiger partial charge in [-0.3, -0.25) is 4.79 Å². The lowest BCUT2D eigenvalue weighted by Gasteiger charge is -2.16. The number of carbonyl (C=O) groups is 1. The van der Waals surface area contributed by atoms with Gasteiger partial charge in [-0.25, -0.2) is 4.68 Å². The second-order valence-electron chi connectivity index (χ2n) is 6.58. The number of amides is 1. The van der Waals surface area contributed by atoms with Gasteiger partial charge in [0.15, 0.2) is 0 Å². The molecule has 0 fully saturated rings. The smallest absolute Gasteiger partial charge is 0.253 e. The molecule has 6 heteroatoms. The summed E-state index contributed by atoms with van der Waals surface area (Å²) in [4.78, 5) is 12.7. The maximum Gasteiger partial charge on any atom is 0.253 e. The largest absolute Gasteiger partial charge is 0.497 e. The zero-order valence-corrected chi connectivity index (χ0v) is 16.0. The quantitative estimate of drug-likeness (QED) is 0.692. The van der Waals surface area contributed by atoms with Crippen LogP contribution in [-0.2, 0) is 0 Å². The first-order chi connectivity index (χ1) is 13.0. The zero-order valence-electron chi connectivity index (χ0n) is 16.0. The molecule has 6 nitrogen and oxygen atoms in total. The highest BCUT2D eigenvalue weighted by molar-refractivity contribution is 6.00. The van der Waals surface area contributed by atoms with Gasteiger partial charge in [0, 0.05) is 12.1 Å². The Morgan fingerprint density at radius 3 is 2.52 bits per heavy atom.